The van der Waals surface area contributed by atoms with Gasteiger partial charge in [-0.1, -0.05) is 30.3 Å². The number of rotatable bonds is 3. The van der Waals surface area contributed by atoms with Crippen molar-refractivity contribution in [1.82, 2.24) is 15.2 Å². The number of H-pyrrole nitrogens is 2. The van der Waals surface area contributed by atoms with Gasteiger partial charge < -0.3 is 0 Å². The van der Waals surface area contributed by atoms with Crippen molar-refractivity contribution in [2.75, 3.05) is 0 Å². The summed E-state index contributed by atoms with van der Waals surface area (Å²) in [6, 6.07) is 9.10. The number of benzene rings is 1. The molecule has 0 spiro atoms. The summed E-state index contributed by atoms with van der Waals surface area (Å²) in [5.41, 5.74) is 0.680. The quantitative estimate of drug-likeness (QED) is 0.612. The first kappa shape index (κ1) is 9.79. The Morgan fingerprint density at radius 2 is 2.00 bits per heavy atom. The molecular weight excluding hydrogens is 210 g/mol. The fraction of sp³-hybridized carbons (Fsp3) is 0.100. The van der Waals surface area contributed by atoms with Crippen molar-refractivity contribution >= 4 is 18.0 Å². The molecule has 0 atom stereocenters. The highest BCUT2D eigenvalue weighted by Crippen LogP contribution is 2.03. The van der Waals surface area contributed by atoms with Crippen LogP contribution >= 0.6 is 12.2 Å². The highest BCUT2D eigenvalue weighted by Gasteiger charge is 2.07. The third-order valence-electron chi connectivity index (χ3n) is 1.97. The molecule has 2 rings (SSSR count). The molecule has 0 aliphatic rings. The Morgan fingerprint density at radius 1 is 1.27 bits per heavy atom. The van der Waals surface area contributed by atoms with E-state index in [1.54, 1.807) is 12.1 Å². The summed E-state index contributed by atoms with van der Waals surface area (Å²) in [6.45, 7) is 0. The monoisotopic (exact) mass is 219 g/mol. The van der Waals surface area contributed by atoms with Crippen LogP contribution < -0.4 is 0 Å². The van der Waals surface area contributed by atoms with Gasteiger partial charge in [-0.15, -0.1) is 0 Å². The Kier molecular flexibility index (Phi) is 2.73. The molecule has 1 aromatic heterocycles. The minimum Gasteiger partial charge on any atom is -0.294 e. The van der Waals surface area contributed by atoms with Crippen LogP contribution in [0.1, 0.15) is 16.2 Å². The fourth-order valence-electron chi connectivity index (χ4n) is 1.27. The first-order valence-electron chi connectivity index (χ1n) is 4.47. The summed E-state index contributed by atoms with van der Waals surface area (Å²) in [6.07, 6.45) is 0.233. The molecule has 0 saturated carbocycles. The largest absolute Gasteiger partial charge is 0.294 e. The van der Waals surface area contributed by atoms with E-state index >= 15 is 0 Å². The zero-order chi connectivity index (χ0) is 10.7. The van der Waals surface area contributed by atoms with E-state index in [2.05, 4.69) is 15.2 Å². The van der Waals surface area contributed by atoms with Gasteiger partial charge in [0.25, 0.3) is 0 Å². The molecule has 0 saturated heterocycles. The number of aromatic amines is 2. The summed E-state index contributed by atoms with van der Waals surface area (Å²) in [4.78, 5) is 15.7. The number of Topliss-reactive ketones (excluding diaryl/α,β-unsaturated/α-hetero) is 1. The lowest BCUT2D eigenvalue weighted by Crippen LogP contribution is -2.04. The summed E-state index contributed by atoms with van der Waals surface area (Å²) in [5.74, 6) is 0.585. The van der Waals surface area contributed by atoms with Gasteiger partial charge >= 0.3 is 0 Å². The molecule has 0 amide bonds. The van der Waals surface area contributed by atoms with E-state index in [-0.39, 0.29) is 12.2 Å². The lowest BCUT2D eigenvalue weighted by Gasteiger charge is -1.96. The number of nitrogens with zero attached hydrogens (tertiary/aromatic N) is 1. The van der Waals surface area contributed by atoms with Gasteiger partial charge in [0.1, 0.15) is 5.82 Å². The second-order valence-electron chi connectivity index (χ2n) is 3.08. The predicted molar refractivity (Wildman–Crippen MR) is 58.2 cm³/mol. The lowest BCUT2D eigenvalue weighted by atomic mass is 10.1. The molecule has 0 aliphatic heterocycles. The molecule has 2 aromatic rings. The number of ketones is 1. The molecule has 0 fully saturated rings. The smallest absolute Gasteiger partial charge is 0.213 e. The van der Waals surface area contributed by atoms with Crippen LogP contribution in [0, 0.1) is 4.77 Å². The van der Waals surface area contributed by atoms with Gasteiger partial charge in [0.15, 0.2) is 5.78 Å². The zero-order valence-corrected chi connectivity index (χ0v) is 8.67. The third-order valence-corrected chi connectivity index (χ3v) is 2.17. The normalized spacial score (nSPS) is 10.1. The van der Waals surface area contributed by atoms with E-state index in [0.29, 0.717) is 16.2 Å². The van der Waals surface area contributed by atoms with Crippen molar-refractivity contribution < 1.29 is 4.79 Å². The maximum absolute atomic E-state index is 11.7. The summed E-state index contributed by atoms with van der Waals surface area (Å²) in [5, 5.41) is 5.40. The Morgan fingerprint density at radius 3 is 2.60 bits per heavy atom. The molecule has 0 aliphatic carbocycles. The number of hydrogen-bond donors (Lipinski definition) is 2. The van der Waals surface area contributed by atoms with Gasteiger partial charge in [-0.05, 0) is 12.2 Å². The second-order valence-corrected chi connectivity index (χ2v) is 3.47. The summed E-state index contributed by atoms with van der Waals surface area (Å²) >= 11 is 4.79. The second kappa shape index (κ2) is 4.18. The van der Waals surface area contributed by atoms with Crippen molar-refractivity contribution in [3.63, 3.8) is 0 Å². The first-order chi connectivity index (χ1) is 7.25. The van der Waals surface area contributed by atoms with Gasteiger partial charge in [-0.25, -0.2) is 4.98 Å². The number of carbonyl (C=O) groups is 1. The molecule has 1 heterocycles. The van der Waals surface area contributed by atoms with Crippen molar-refractivity contribution in [2.45, 2.75) is 6.42 Å². The van der Waals surface area contributed by atoms with Crippen LogP contribution in [-0.2, 0) is 6.42 Å². The zero-order valence-electron chi connectivity index (χ0n) is 7.86. The lowest BCUT2D eigenvalue weighted by molar-refractivity contribution is 0.0991. The number of hydrogen-bond acceptors (Lipinski definition) is 3. The highest BCUT2D eigenvalue weighted by atomic mass is 32.1. The fourth-order valence-corrected chi connectivity index (χ4v) is 1.43. The molecule has 76 valence electrons. The Labute approximate surface area is 91.4 Å². The highest BCUT2D eigenvalue weighted by molar-refractivity contribution is 7.71. The van der Waals surface area contributed by atoms with E-state index in [0.717, 1.165) is 0 Å². The van der Waals surface area contributed by atoms with Crippen LogP contribution in [0.4, 0.5) is 0 Å². The van der Waals surface area contributed by atoms with Crippen molar-refractivity contribution in [2.24, 2.45) is 0 Å². The molecule has 0 radical (unpaired) electrons. The molecule has 2 N–H and O–H groups in total. The third kappa shape index (κ3) is 2.38. The van der Waals surface area contributed by atoms with Crippen molar-refractivity contribution in [1.29, 1.82) is 0 Å². The molecular formula is C10H9N3OS. The number of aromatic nitrogens is 3. The molecule has 5 heteroatoms. The SMILES string of the molecule is O=C(Cc1nc(=S)[nH][nH]1)c1ccccc1. The van der Waals surface area contributed by atoms with Crippen molar-refractivity contribution in [3.8, 4) is 0 Å². The van der Waals surface area contributed by atoms with E-state index in [4.69, 9.17) is 12.2 Å². The van der Waals surface area contributed by atoms with Gasteiger partial charge in [0.2, 0.25) is 4.77 Å². The molecule has 15 heavy (non-hydrogen) atoms. The van der Waals surface area contributed by atoms with Crippen LogP contribution in [0.5, 0.6) is 0 Å². The Bertz CT molecular complexity index is 515. The van der Waals surface area contributed by atoms with E-state index in [9.17, 15) is 4.79 Å². The van der Waals surface area contributed by atoms with E-state index in [1.807, 2.05) is 18.2 Å². The molecule has 4 nitrogen and oxygen atoms in total. The maximum Gasteiger partial charge on any atom is 0.213 e. The van der Waals surface area contributed by atoms with Crippen LogP contribution in [0.2, 0.25) is 0 Å². The van der Waals surface area contributed by atoms with E-state index < -0.39 is 0 Å². The molecule has 1 aromatic carbocycles. The minimum atomic E-state index is 0.0216. The standard InChI is InChI=1S/C10H9N3OS/c14-8(7-4-2-1-3-5-7)6-9-11-10(15)13-12-9/h1-5H,6H2,(H2,11,12,13,15). The van der Waals surface area contributed by atoms with Gasteiger partial charge in [-0.2, -0.15) is 0 Å². The summed E-state index contributed by atoms with van der Waals surface area (Å²) < 4.78 is 0.367. The topological polar surface area (TPSA) is 61.5 Å². The number of nitrogens with one attached hydrogen (secondary N) is 2. The average Bonchev–Trinajstić information content (AvgIpc) is 2.65. The van der Waals surface area contributed by atoms with Crippen LogP contribution in [0.15, 0.2) is 30.3 Å². The van der Waals surface area contributed by atoms with Crippen LogP contribution in [0.25, 0.3) is 0 Å². The van der Waals surface area contributed by atoms with Crippen LogP contribution in [0.3, 0.4) is 0 Å². The predicted octanol–water partition coefficient (Wildman–Crippen LogP) is 1.89. The average molecular weight is 219 g/mol. The van der Waals surface area contributed by atoms with E-state index in [1.165, 1.54) is 0 Å². The summed E-state index contributed by atoms with van der Waals surface area (Å²) in [7, 11) is 0. The van der Waals surface area contributed by atoms with Gasteiger partial charge in [-0.3, -0.25) is 15.0 Å². The Balaban J connectivity index is 2.14. The van der Waals surface area contributed by atoms with Crippen molar-refractivity contribution in [3.05, 3.63) is 46.5 Å². The molecule has 0 unspecified atom stereocenters. The van der Waals surface area contributed by atoms with Crippen LogP contribution in [-0.4, -0.2) is 21.0 Å². The van der Waals surface area contributed by atoms with Gasteiger partial charge in [0.05, 0.1) is 6.42 Å². The van der Waals surface area contributed by atoms with Gasteiger partial charge in [0, 0.05) is 5.56 Å². The first-order valence-corrected chi connectivity index (χ1v) is 4.88. The Hall–Kier alpha value is -1.75. The molecule has 0 bridgehead atoms. The minimum absolute atomic E-state index is 0.0216. The number of carbonyl (C=O) groups excluding carboxylic acids is 1. The maximum atomic E-state index is 11.7.